The van der Waals surface area contributed by atoms with E-state index in [0.717, 1.165) is 39.3 Å². The van der Waals surface area contributed by atoms with Crippen molar-refractivity contribution in [3.63, 3.8) is 0 Å². The maximum Gasteiger partial charge on any atom is 0.222 e. The second kappa shape index (κ2) is 8.56. The summed E-state index contributed by atoms with van der Waals surface area (Å²) in [6.07, 6.45) is 3.47. The molecule has 0 atom stereocenters. The first-order valence-corrected chi connectivity index (χ1v) is 8.60. The lowest BCUT2D eigenvalue weighted by atomic mass is 9.91. The first-order chi connectivity index (χ1) is 13.2. The number of aliphatic hydroxyl groups is 1. The molecule has 0 saturated carbocycles. The van der Waals surface area contributed by atoms with Crippen LogP contribution in [-0.2, 0) is 6.42 Å². The molecule has 0 fully saturated rings. The molecule has 0 amide bonds. The first kappa shape index (κ1) is 18.7. The number of hydrogen-bond donors (Lipinski definition) is 1. The Morgan fingerprint density at radius 3 is 1.74 bits per heavy atom. The maximum absolute atomic E-state index is 9.51. The number of rotatable bonds is 7. The number of pyridine rings is 1. The normalized spacial score (nSPS) is 10.5. The van der Waals surface area contributed by atoms with Crippen LogP contribution in [-0.4, -0.2) is 38.0 Å². The van der Waals surface area contributed by atoms with Gasteiger partial charge in [-0.05, 0) is 47.4 Å². The molecule has 2 aromatic carbocycles. The minimum absolute atomic E-state index is 0.00964. The van der Waals surface area contributed by atoms with E-state index < -0.39 is 0 Å². The molecule has 1 N–H and O–H groups in total. The van der Waals surface area contributed by atoms with Gasteiger partial charge in [-0.15, -0.1) is 0 Å². The van der Waals surface area contributed by atoms with Gasteiger partial charge in [-0.25, -0.2) is 4.98 Å². The molecular weight excluding hydrogens is 342 g/mol. The lowest BCUT2D eigenvalue weighted by Gasteiger charge is -2.18. The number of methoxy groups -OCH3 is 3. The monoisotopic (exact) mass is 364 g/mol. The minimum atomic E-state index is 0.00964. The number of benzene rings is 2. The Hall–Kier alpha value is -3.05. The van der Waals surface area contributed by atoms with Gasteiger partial charge in [-0.3, -0.25) is 0 Å². The molecule has 0 bridgehead atoms. The fourth-order valence-corrected chi connectivity index (χ4v) is 3.03. The molecular formula is C22H22NO4. The van der Waals surface area contributed by atoms with Crippen LogP contribution in [0.4, 0.5) is 0 Å². The van der Waals surface area contributed by atoms with Crippen molar-refractivity contribution in [2.24, 2.45) is 0 Å². The molecule has 5 nitrogen and oxygen atoms in total. The SMILES string of the molecule is COc1ccc(-c2c(CCO)[c]nc(OC)c2-c2ccc(OC)cc2)cc1. The van der Waals surface area contributed by atoms with E-state index in [0.29, 0.717) is 12.3 Å². The second-order valence-corrected chi connectivity index (χ2v) is 5.89. The molecule has 0 spiro atoms. The van der Waals surface area contributed by atoms with E-state index in [-0.39, 0.29) is 6.61 Å². The molecule has 0 saturated heterocycles. The zero-order chi connectivity index (χ0) is 19.2. The van der Waals surface area contributed by atoms with E-state index in [1.165, 1.54) is 0 Å². The van der Waals surface area contributed by atoms with Crippen molar-refractivity contribution < 1.29 is 19.3 Å². The number of ether oxygens (including phenoxy) is 3. The van der Waals surface area contributed by atoms with Crippen molar-refractivity contribution >= 4 is 0 Å². The third-order valence-corrected chi connectivity index (χ3v) is 4.37. The smallest absolute Gasteiger partial charge is 0.222 e. The predicted molar refractivity (Wildman–Crippen MR) is 104 cm³/mol. The van der Waals surface area contributed by atoms with Gasteiger partial charge in [0.2, 0.25) is 5.88 Å². The van der Waals surface area contributed by atoms with E-state index in [9.17, 15) is 5.11 Å². The molecule has 1 radical (unpaired) electrons. The standard InChI is InChI=1S/C22H22NO4/c1-25-18-8-4-15(5-9-18)20-17(12-13-24)14-23-22(27-3)21(20)16-6-10-19(26-2)11-7-16/h4-11,24H,12-13H2,1-3H3. The van der Waals surface area contributed by atoms with Crippen molar-refractivity contribution in [3.8, 4) is 39.6 Å². The summed E-state index contributed by atoms with van der Waals surface area (Å²) in [7, 11) is 4.86. The van der Waals surface area contributed by atoms with Crippen LogP contribution in [0, 0.1) is 6.20 Å². The minimum Gasteiger partial charge on any atom is -0.497 e. The van der Waals surface area contributed by atoms with Crippen LogP contribution >= 0.6 is 0 Å². The molecule has 5 heteroatoms. The van der Waals surface area contributed by atoms with Gasteiger partial charge in [0.05, 0.1) is 33.1 Å². The highest BCUT2D eigenvalue weighted by Gasteiger charge is 2.19. The molecule has 0 aliphatic heterocycles. The average Bonchev–Trinajstić information content (AvgIpc) is 2.74. The van der Waals surface area contributed by atoms with E-state index in [1.807, 2.05) is 48.5 Å². The lowest BCUT2D eigenvalue weighted by molar-refractivity contribution is 0.299. The van der Waals surface area contributed by atoms with Crippen LogP contribution in [0.25, 0.3) is 22.3 Å². The topological polar surface area (TPSA) is 60.8 Å². The summed E-state index contributed by atoms with van der Waals surface area (Å²) < 4.78 is 16.1. The van der Waals surface area contributed by atoms with Gasteiger partial charge < -0.3 is 19.3 Å². The summed E-state index contributed by atoms with van der Waals surface area (Å²) in [5, 5.41) is 9.51. The van der Waals surface area contributed by atoms with E-state index in [4.69, 9.17) is 14.2 Å². The van der Waals surface area contributed by atoms with Gasteiger partial charge in [0.25, 0.3) is 0 Å². The average molecular weight is 364 g/mol. The predicted octanol–water partition coefficient (Wildman–Crippen LogP) is 3.78. The van der Waals surface area contributed by atoms with E-state index >= 15 is 0 Å². The highest BCUT2D eigenvalue weighted by Crippen LogP contribution is 2.41. The highest BCUT2D eigenvalue weighted by atomic mass is 16.5. The summed E-state index contributed by atoms with van der Waals surface area (Å²) in [6.45, 7) is 0.00964. The van der Waals surface area contributed by atoms with E-state index in [2.05, 4.69) is 11.2 Å². The molecule has 3 rings (SSSR count). The van der Waals surface area contributed by atoms with Crippen LogP contribution in [0.3, 0.4) is 0 Å². The Kier molecular flexibility index (Phi) is 5.94. The molecule has 0 aliphatic carbocycles. The van der Waals surface area contributed by atoms with Crippen LogP contribution in [0.1, 0.15) is 5.56 Å². The zero-order valence-electron chi connectivity index (χ0n) is 15.7. The Balaban J connectivity index is 2.25. The first-order valence-electron chi connectivity index (χ1n) is 8.60. The summed E-state index contributed by atoms with van der Waals surface area (Å²) in [5.74, 6) is 2.03. The van der Waals surface area contributed by atoms with Crippen molar-refractivity contribution in [3.05, 3.63) is 60.3 Å². The fourth-order valence-electron chi connectivity index (χ4n) is 3.03. The summed E-state index contributed by atoms with van der Waals surface area (Å²) in [6, 6.07) is 15.5. The number of aliphatic hydroxyl groups excluding tert-OH is 1. The fraction of sp³-hybridized carbons (Fsp3) is 0.227. The van der Waals surface area contributed by atoms with Crippen LogP contribution in [0.15, 0.2) is 48.5 Å². The number of hydrogen-bond acceptors (Lipinski definition) is 5. The van der Waals surface area contributed by atoms with Gasteiger partial charge in [0, 0.05) is 12.2 Å². The quantitative estimate of drug-likeness (QED) is 0.691. The Bertz CT molecular complexity index is 889. The van der Waals surface area contributed by atoms with Crippen molar-refractivity contribution in [1.29, 1.82) is 0 Å². The Morgan fingerprint density at radius 2 is 1.30 bits per heavy atom. The molecule has 1 heterocycles. The summed E-state index contributed by atoms with van der Waals surface area (Å²) >= 11 is 0. The van der Waals surface area contributed by atoms with Gasteiger partial charge in [-0.2, -0.15) is 0 Å². The zero-order valence-corrected chi connectivity index (χ0v) is 15.7. The number of nitrogens with zero attached hydrogens (tertiary/aromatic N) is 1. The summed E-state index contributed by atoms with van der Waals surface area (Å²) in [5.41, 5.74) is 4.53. The largest absolute Gasteiger partial charge is 0.497 e. The van der Waals surface area contributed by atoms with Gasteiger partial charge in [-0.1, -0.05) is 24.3 Å². The molecule has 0 unspecified atom stereocenters. The second-order valence-electron chi connectivity index (χ2n) is 5.89. The highest BCUT2D eigenvalue weighted by molar-refractivity contribution is 5.88. The molecule has 0 aliphatic rings. The van der Waals surface area contributed by atoms with E-state index in [1.54, 1.807) is 21.3 Å². The number of aromatic nitrogens is 1. The van der Waals surface area contributed by atoms with Crippen LogP contribution < -0.4 is 14.2 Å². The van der Waals surface area contributed by atoms with Crippen molar-refractivity contribution in [2.45, 2.75) is 6.42 Å². The third-order valence-electron chi connectivity index (χ3n) is 4.37. The van der Waals surface area contributed by atoms with Gasteiger partial charge in [0.1, 0.15) is 11.5 Å². The molecule has 3 aromatic rings. The van der Waals surface area contributed by atoms with Crippen LogP contribution in [0.2, 0.25) is 0 Å². The van der Waals surface area contributed by atoms with Crippen molar-refractivity contribution in [2.75, 3.05) is 27.9 Å². The van der Waals surface area contributed by atoms with Crippen LogP contribution in [0.5, 0.6) is 17.4 Å². The summed E-state index contributed by atoms with van der Waals surface area (Å²) in [4.78, 5) is 4.34. The molecule has 139 valence electrons. The third kappa shape index (κ3) is 3.88. The Morgan fingerprint density at radius 1 is 0.778 bits per heavy atom. The molecule has 1 aromatic heterocycles. The van der Waals surface area contributed by atoms with Gasteiger partial charge in [0.15, 0.2) is 0 Å². The lowest BCUT2D eigenvalue weighted by Crippen LogP contribution is -2.02. The molecule has 27 heavy (non-hydrogen) atoms. The Labute approximate surface area is 159 Å². The van der Waals surface area contributed by atoms with Crippen molar-refractivity contribution in [1.82, 2.24) is 4.98 Å². The van der Waals surface area contributed by atoms with Gasteiger partial charge >= 0.3 is 0 Å². The maximum atomic E-state index is 9.51.